The van der Waals surface area contributed by atoms with Crippen molar-refractivity contribution in [2.24, 2.45) is 11.1 Å². The van der Waals surface area contributed by atoms with Crippen molar-refractivity contribution < 1.29 is 17.5 Å². The summed E-state index contributed by atoms with van der Waals surface area (Å²) in [6.45, 7) is 2.62. The van der Waals surface area contributed by atoms with Crippen LogP contribution in [0.25, 0.3) is 0 Å². The zero-order valence-corrected chi connectivity index (χ0v) is 12.7. The van der Waals surface area contributed by atoms with Gasteiger partial charge in [-0.3, -0.25) is 4.90 Å². The molecule has 0 saturated carbocycles. The van der Waals surface area contributed by atoms with Gasteiger partial charge in [-0.2, -0.15) is 0 Å². The van der Waals surface area contributed by atoms with E-state index in [1.165, 1.54) is 6.07 Å². The molecule has 2 N–H and O–H groups in total. The molecule has 0 unspecified atom stereocenters. The Morgan fingerprint density at radius 1 is 1.38 bits per heavy atom. The number of nitrogens with zero attached hydrogens (tertiary/aromatic N) is 1. The van der Waals surface area contributed by atoms with Crippen molar-refractivity contribution in [3.8, 4) is 5.75 Å². The zero-order chi connectivity index (χ0) is 15.3. The predicted molar refractivity (Wildman–Crippen MR) is 79.0 cm³/mol. The molecule has 1 atom stereocenters. The molecular weight excluding hydrogens is 295 g/mol. The molecule has 1 aromatic rings. The van der Waals surface area contributed by atoms with Gasteiger partial charge < -0.3 is 4.74 Å². The monoisotopic (exact) mass is 316 g/mol. The summed E-state index contributed by atoms with van der Waals surface area (Å²) in [5, 5.41) is 5.09. The van der Waals surface area contributed by atoms with Gasteiger partial charge in [-0.05, 0) is 37.4 Å². The number of halogens is 1. The Hall–Kier alpha value is -1.18. The quantitative estimate of drug-likeness (QED) is 0.856. The lowest BCUT2D eigenvalue weighted by atomic mass is 10.0. The third kappa shape index (κ3) is 5.61. The molecule has 1 fully saturated rings. The van der Waals surface area contributed by atoms with Crippen molar-refractivity contribution in [3.05, 3.63) is 30.1 Å². The number of hydrogen-bond donors (Lipinski definition) is 1. The molecule has 0 spiro atoms. The van der Waals surface area contributed by atoms with Crippen LogP contribution in [0.4, 0.5) is 4.39 Å². The van der Waals surface area contributed by atoms with E-state index in [1.807, 2.05) is 0 Å². The Labute approximate surface area is 124 Å². The Morgan fingerprint density at radius 2 is 2.14 bits per heavy atom. The highest BCUT2D eigenvalue weighted by Gasteiger charge is 2.23. The number of nitrogens with two attached hydrogens (primary N) is 1. The minimum atomic E-state index is -3.42. The van der Waals surface area contributed by atoms with Crippen LogP contribution >= 0.6 is 0 Å². The molecule has 1 aliphatic rings. The Kier molecular flexibility index (Phi) is 5.55. The summed E-state index contributed by atoms with van der Waals surface area (Å²) in [5.41, 5.74) is 0. The highest BCUT2D eigenvalue weighted by Crippen LogP contribution is 2.18. The molecular formula is C14H21FN2O3S. The first kappa shape index (κ1) is 16.2. The van der Waals surface area contributed by atoms with E-state index in [0.717, 1.165) is 19.4 Å². The van der Waals surface area contributed by atoms with Gasteiger partial charge in [0, 0.05) is 13.1 Å². The Morgan fingerprint density at radius 3 is 2.86 bits per heavy atom. The first-order valence-corrected chi connectivity index (χ1v) is 8.76. The Balaban J connectivity index is 1.77. The molecule has 2 rings (SSSR count). The van der Waals surface area contributed by atoms with Gasteiger partial charge in [-0.15, -0.1) is 0 Å². The molecule has 21 heavy (non-hydrogen) atoms. The van der Waals surface area contributed by atoms with E-state index in [4.69, 9.17) is 9.88 Å². The second-order valence-electron chi connectivity index (χ2n) is 5.42. The summed E-state index contributed by atoms with van der Waals surface area (Å²) in [7, 11) is -3.42. The van der Waals surface area contributed by atoms with Crippen LogP contribution in [0, 0.1) is 11.7 Å². The number of hydrogen-bond acceptors (Lipinski definition) is 4. The molecule has 1 heterocycles. The maximum Gasteiger partial charge on any atom is 0.209 e. The molecule has 0 radical (unpaired) electrons. The van der Waals surface area contributed by atoms with Crippen LogP contribution in [0.5, 0.6) is 5.75 Å². The van der Waals surface area contributed by atoms with Gasteiger partial charge >= 0.3 is 0 Å². The summed E-state index contributed by atoms with van der Waals surface area (Å²) >= 11 is 0. The number of benzene rings is 1. The Bertz CT molecular complexity index is 565. The van der Waals surface area contributed by atoms with Gasteiger partial charge in [0.15, 0.2) is 11.6 Å². The van der Waals surface area contributed by atoms with Gasteiger partial charge in [0.2, 0.25) is 10.0 Å². The number of piperidine rings is 1. The van der Waals surface area contributed by atoms with Crippen LogP contribution in [-0.4, -0.2) is 45.3 Å². The fraction of sp³-hybridized carbons (Fsp3) is 0.571. The third-order valence-electron chi connectivity index (χ3n) is 3.57. The zero-order valence-electron chi connectivity index (χ0n) is 11.9. The highest BCUT2D eigenvalue weighted by atomic mass is 32.2. The SMILES string of the molecule is NS(=O)(=O)C[C@H]1CCCN(CCOc2ccccc2F)C1. The number of primary sulfonamides is 1. The molecule has 0 aliphatic carbocycles. The molecule has 7 heteroatoms. The first-order chi connectivity index (χ1) is 9.94. The number of ether oxygens (including phenoxy) is 1. The summed E-state index contributed by atoms with van der Waals surface area (Å²) < 4.78 is 41.1. The van der Waals surface area contributed by atoms with Crippen LogP contribution in [0.15, 0.2) is 24.3 Å². The smallest absolute Gasteiger partial charge is 0.209 e. The maximum atomic E-state index is 13.4. The van der Waals surface area contributed by atoms with Gasteiger partial charge in [0.1, 0.15) is 6.61 Å². The van der Waals surface area contributed by atoms with Gasteiger partial charge in [0.05, 0.1) is 5.75 Å². The van der Waals surface area contributed by atoms with Crippen LogP contribution < -0.4 is 9.88 Å². The minimum Gasteiger partial charge on any atom is -0.489 e. The molecule has 1 aliphatic heterocycles. The maximum absolute atomic E-state index is 13.4. The molecule has 118 valence electrons. The molecule has 5 nitrogen and oxygen atoms in total. The van der Waals surface area contributed by atoms with Crippen molar-refractivity contribution in [3.63, 3.8) is 0 Å². The highest BCUT2D eigenvalue weighted by molar-refractivity contribution is 7.89. The van der Waals surface area contributed by atoms with Crippen LogP contribution in [-0.2, 0) is 10.0 Å². The van der Waals surface area contributed by atoms with E-state index in [1.54, 1.807) is 18.2 Å². The van der Waals surface area contributed by atoms with Crippen molar-refractivity contribution in [1.82, 2.24) is 4.90 Å². The lowest BCUT2D eigenvalue weighted by molar-refractivity contribution is 0.152. The molecule has 1 saturated heterocycles. The second kappa shape index (κ2) is 7.20. The van der Waals surface area contributed by atoms with E-state index in [9.17, 15) is 12.8 Å². The van der Waals surface area contributed by atoms with Crippen LogP contribution in [0.2, 0.25) is 0 Å². The first-order valence-electron chi connectivity index (χ1n) is 7.04. The topological polar surface area (TPSA) is 72.6 Å². The van der Waals surface area contributed by atoms with Crippen LogP contribution in [0.3, 0.4) is 0 Å². The normalized spacial score (nSPS) is 20.4. The van der Waals surface area contributed by atoms with Gasteiger partial charge in [0.25, 0.3) is 0 Å². The number of likely N-dealkylation sites (tertiary alicyclic amines) is 1. The fourth-order valence-electron chi connectivity index (χ4n) is 2.67. The third-order valence-corrected chi connectivity index (χ3v) is 4.51. The van der Waals surface area contributed by atoms with Crippen molar-refractivity contribution in [1.29, 1.82) is 0 Å². The van der Waals surface area contributed by atoms with Gasteiger partial charge in [-0.25, -0.2) is 17.9 Å². The van der Waals surface area contributed by atoms with Crippen molar-refractivity contribution in [2.45, 2.75) is 12.8 Å². The summed E-state index contributed by atoms with van der Waals surface area (Å²) in [5.74, 6) is -0.0291. The molecule has 0 aromatic heterocycles. The van der Waals surface area contributed by atoms with Crippen LogP contribution in [0.1, 0.15) is 12.8 Å². The summed E-state index contributed by atoms with van der Waals surface area (Å²) in [6.07, 6.45) is 1.82. The molecule has 1 aromatic carbocycles. The fourth-order valence-corrected chi connectivity index (χ4v) is 3.59. The van der Waals surface area contributed by atoms with E-state index in [0.29, 0.717) is 19.7 Å². The van der Waals surface area contributed by atoms with Gasteiger partial charge in [-0.1, -0.05) is 12.1 Å². The standard InChI is InChI=1S/C14H21FN2O3S/c15-13-5-1-2-6-14(13)20-9-8-17-7-3-4-12(10-17)11-21(16,18)19/h1-2,5-6,12H,3-4,7-11H2,(H2,16,18,19)/t12-/m0/s1. The van der Waals surface area contributed by atoms with E-state index < -0.39 is 10.0 Å². The lowest BCUT2D eigenvalue weighted by Gasteiger charge is -2.32. The molecule has 0 bridgehead atoms. The van der Waals surface area contributed by atoms with Crippen molar-refractivity contribution in [2.75, 3.05) is 32.0 Å². The largest absolute Gasteiger partial charge is 0.489 e. The lowest BCUT2D eigenvalue weighted by Crippen LogP contribution is -2.41. The van der Waals surface area contributed by atoms with E-state index in [2.05, 4.69) is 4.90 Å². The number of para-hydroxylation sites is 1. The minimum absolute atomic E-state index is 0.0255. The average molecular weight is 316 g/mol. The van der Waals surface area contributed by atoms with E-state index in [-0.39, 0.29) is 23.2 Å². The second-order valence-corrected chi connectivity index (χ2v) is 7.08. The molecule has 0 amide bonds. The predicted octanol–water partition coefficient (Wildman–Crippen LogP) is 1.20. The average Bonchev–Trinajstić information content (AvgIpc) is 2.39. The number of rotatable bonds is 6. The summed E-state index contributed by atoms with van der Waals surface area (Å²) in [6, 6.07) is 6.29. The summed E-state index contributed by atoms with van der Waals surface area (Å²) in [4.78, 5) is 2.14. The number of sulfonamides is 1. The van der Waals surface area contributed by atoms with E-state index >= 15 is 0 Å². The van der Waals surface area contributed by atoms with Crippen molar-refractivity contribution >= 4 is 10.0 Å².